The zero-order valence-electron chi connectivity index (χ0n) is 16.7. The molecule has 1 aromatic carbocycles. The zero-order chi connectivity index (χ0) is 21.4. The Morgan fingerprint density at radius 3 is 2.55 bits per heavy atom. The first-order valence-corrected chi connectivity index (χ1v) is 8.89. The van der Waals surface area contributed by atoms with Crippen LogP contribution in [0.2, 0.25) is 0 Å². The molecule has 0 radical (unpaired) electrons. The van der Waals surface area contributed by atoms with Crippen molar-refractivity contribution >= 4 is 23.7 Å². The van der Waals surface area contributed by atoms with Gasteiger partial charge in [0.25, 0.3) is 0 Å². The van der Waals surface area contributed by atoms with E-state index in [0.717, 1.165) is 0 Å². The van der Waals surface area contributed by atoms with Crippen molar-refractivity contribution in [2.24, 2.45) is 0 Å². The number of hydrogen-bond donors (Lipinski definition) is 3. The third-order valence-corrected chi connectivity index (χ3v) is 3.62. The minimum absolute atomic E-state index is 0.0299. The Morgan fingerprint density at radius 1 is 1.21 bits per heavy atom. The molecule has 0 saturated carbocycles. The van der Waals surface area contributed by atoms with E-state index < -0.39 is 23.7 Å². The number of benzene rings is 1. The Balaban J connectivity index is 1.99. The molecule has 0 spiro atoms. The number of amides is 2. The number of alkyl carbamates (subject to hydrolysis) is 1. The highest BCUT2D eigenvalue weighted by Gasteiger charge is 2.25. The van der Waals surface area contributed by atoms with Crippen molar-refractivity contribution in [3.8, 4) is 11.4 Å². The largest absolute Gasteiger partial charge is 0.467 e. The molecule has 0 saturated heterocycles. The first-order valence-electron chi connectivity index (χ1n) is 8.89. The molecule has 0 aliphatic carbocycles. The minimum Gasteiger partial charge on any atom is -0.467 e. The van der Waals surface area contributed by atoms with E-state index in [2.05, 4.69) is 31.3 Å². The molecule has 0 fully saturated rings. The Morgan fingerprint density at radius 2 is 1.93 bits per heavy atom. The van der Waals surface area contributed by atoms with Crippen LogP contribution in [0.5, 0.6) is 0 Å². The van der Waals surface area contributed by atoms with Gasteiger partial charge in [-0.05, 0) is 44.5 Å². The fourth-order valence-electron chi connectivity index (χ4n) is 2.39. The van der Waals surface area contributed by atoms with Gasteiger partial charge in [0.05, 0.1) is 12.8 Å². The van der Waals surface area contributed by atoms with Crippen LogP contribution in [-0.2, 0) is 19.1 Å². The quantitative estimate of drug-likeness (QED) is 0.590. The molecule has 2 amide bonds. The number of H-pyrrole nitrogens is 1. The van der Waals surface area contributed by atoms with E-state index in [4.69, 9.17) is 9.47 Å². The number of ether oxygens (including phenoxy) is 2. The van der Waals surface area contributed by atoms with Gasteiger partial charge in [0.2, 0.25) is 11.7 Å². The number of anilines is 1. The molecule has 1 aromatic heterocycles. The van der Waals surface area contributed by atoms with Crippen LogP contribution in [0.3, 0.4) is 0 Å². The molecular weight excluding hydrogens is 380 g/mol. The van der Waals surface area contributed by atoms with Crippen LogP contribution in [-0.4, -0.2) is 57.3 Å². The van der Waals surface area contributed by atoms with Crippen LogP contribution >= 0.6 is 0 Å². The van der Waals surface area contributed by atoms with Crippen molar-refractivity contribution in [3.05, 3.63) is 24.3 Å². The number of nitrogens with zero attached hydrogens (tertiary/aromatic N) is 3. The maximum Gasteiger partial charge on any atom is 0.408 e. The van der Waals surface area contributed by atoms with Gasteiger partial charge in [0, 0.05) is 12.0 Å². The van der Waals surface area contributed by atoms with Gasteiger partial charge in [-0.15, -0.1) is 10.2 Å². The highest BCUT2D eigenvalue weighted by molar-refractivity contribution is 5.95. The van der Waals surface area contributed by atoms with Gasteiger partial charge in [0.1, 0.15) is 11.6 Å². The third kappa shape index (κ3) is 6.87. The second-order valence-corrected chi connectivity index (χ2v) is 7.09. The number of hydrogen-bond acceptors (Lipinski definition) is 8. The summed E-state index contributed by atoms with van der Waals surface area (Å²) in [6.45, 7) is 5.11. The predicted octanol–water partition coefficient (Wildman–Crippen LogP) is 1.65. The average molecular weight is 404 g/mol. The van der Waals surface area contributed by atoms with Crippen molar-refractivity contribution in [1.82, 2.24) is 25.9 Å². The zero-order valence-corrected chi connectivity index (χ0v) is 16.7. The molecule has 0 bridgehead atoms. The molecule has 0 aliphatic heterocycles. The van der Waals surface area contributed by atoms with E-state index in [9.17, 15) is 14.4 Å². The van der Waals surface area contributed by atoms with E-state index >= 15 is 0 Å². The summed E-state index contributed by atoms with van der Waals surface area (Å²) in [4.78, 5) is 36.3. The SMILES string of the molecule is COC(=O)[C@H](CCC(=O)Nc1ccccc1-c1nn[nH]n1)NC(=O)OC(C)(C)C. The van der Waals surface area contributed by atoms with Gasteiger partial charge >= 0.3 is 12.1 Å². The van der Waals surface area contributed by atoms with Gasteiger partial charge in [0.15, 0.2) is 0 Å². The lowest BCUT2D eigenvalue weighted by atomic mass is 10.1. The Kier molecular flexibility index (Phi) is 7.23. The lowest BCUT2D eigenvalue weighted by Gasteiger charge is -2.22. The summed E-state index contributed by atoms with van der Waals surface area (Å²) in [5, 5.41) is 18.8. The van der Waals surface area contributed by atoms with Crippen molar-refractivity contribution in [2.75, 3.05) is 12.4 Å². The molecule has 11 heteroatoms. The molecule has 0 unspecified atom stereocenters. The first-order chi connectivity index (χ1) is 13.7. The van der Waals surface area contributed by atoms with E-state index in [0.29, 0.717) is 17.1 Å². The van der Waals surface area contributed by atoms with Crippen LogP contribution in [0.1, 0.15) is 33.6 Å². The van der Waals surface area contributed by atoms with E-state index in [1.54, 1.807) is 45.0 Å². The van der Waals surface area contributed by atoms with Gasteiger partial charge in [-0.2, -0.15) is 5.21 Å². The van der Waals surface area contributed by atoms with Crippen LogP contribution in [0, 0.1) is 0 Å². The van der Waals surface area contributed by atoms with Crippen molar-refractivity contribution < 1.29 is 23.9 Å². The second-order valence-electron chi connectivity index (χ2n) is 7.09. The summed E-state index contributed by atoms with van der Waals surface area (Å²) in [6, 6.07) is 5.94. The summed E-state index contributed by atoms with van der Waals surface area (Å²) in [5.74, 6) is -0.698. The van der Waals surface area contributed by atoms with E-state index in [1.165, 1.54) is 7.11 Å². The minimum atomic E-state index is -1.02. The fraction of sp³-hybridized carbons (Fsp3) is 0.444. The van der Waals surface area contributed by atoms with Gasteiger partial charge in [-0.1, -0.05) is 12.1 Å². The summed E-state index contributed by atoms with van der Waals surface area (Å²) >= 11 is 0. The summed E-state index contributed by atoms with van der Waals surface area (Å²) in [6.07, 6.45) is -0.783. The number of aromatic amines is 1. The number of carbonyl (C=O) groups is 3. The molecule has 3 N–H and O–H groups in total. The van der Waals surface area contributed by atoms with Gasteiger partial charge in [-0.3, -0.25) is 4.79 Å². The predicted molar refractivity (Wildman–Crippen MR) is 103 cm³/mol. The van der Waals surface area contributed by atoms with Crippen LogP contribution in [0.15, 0.2) is 24.3 Å². The smallest absolute Gasteiger partial charge is 0.408 e. The number of tetrazole rings is 1. The van der Waals surface area contributed by atoms with Crippen LogP contribution < -0.4 is 10.6 Å². The number of aromatic nitrogens is 4. The second kappa shape index (κ2) is 9.62. The molecule has 0 aliphatic rings. The maximum absolute atomic E-state index is 12.4. The van der Waals surface area contributed by atoms with Gasteiger partial charge < -0.3 is 20.1 Å². The number of methoxy groups -OCH3 is 1. The molecular formula is C18H24N6O5. The maximum atomic E-state index is 12.4. The normalized spacial score (nSPS) is 12.0. The summed E-state index contributed by atoms with van der Waals surface area (Å²) < 4.78 is 9.84. The molecule has 2 aromatic rings. The third-order valence-electron chi connectivity index (χ3n) is 3.62. The number of nitrogens with one attached hydrogen (secondary N) is 3. The monoisotopic (exact) mass is 404 g/mol. The molecule has 156 valence electrons. The number of esters is 1. The first kappa shape index (κ1) is 21.8. The summed E-state index contributed by atoms with van der Waals surface area (Å²) in [5.41, 5.74) is 0.362. The lowest BCUT2D eigenvalue weighted by molar-refractivity contribution is -0.143. The molecule has 1 heterocycles. The number of rotatable bonds is 7. The summed E-state index contributed by atoms with van der Waals surface area (Å²) in [7, 11) is 1.20. The topological polar surface area (TPSA) is 148 Å². The van der Waals surface area contributed by atoms with Crippen LogP contribution in [0.4, 0.5) is 10.5 Å². The Bertz CT molecular complexity index is 847. The molecule has 29 heavy (non-hydrogen) atoms. The van der Waals surface area contributed by atoms with E-state index in [-0.39, 0.29) is 18.7 Å². The van der Waals surface area contributed by atoms with Crippen molar-refractivity contribution in [2.45, 2.75) is 45.3 Å². The van der Waals surface area contributed by atoms with Crippen LogP contribution in [0.25, 0.3) is 11.4 Å². The highest BCUT2D eigenvalue weighted by atomic mass is 16.6. The average Bonchev–Trinajstić information content (AvgIpc) is 3.18. The molecule has 1 atom stereocenters. The Hall–Kier alpha value is -3.50. The standard InChI is InChI=1S/C18H24N6O5/c1-18(2,3)29-17(27)20-13(16(26)28-4)9-10-14(25)19-12-8-6-5-7-11(12)15-21-23-24-22-15/h5-8,13H,9-10H2,1-4H3,(H,19,25)(H,20,27)(H,21,22,23,24)/t13-/m0/s1. The lowest BCUT2D eigenvalue weighted by Crippen LogP contribution is -2.44. The Labute approximate surface area is 167 Å². The van der Waals surface area contributed by atoms with Crippen molar-refractivity contribution in [1.29, 1.82) is 0 Å². The number of para-hydroxylation sites is 1. The highest BCUT2D eigenvalue weighted by Crippen LogP contribution is 2.24. The van der Waals surface area contributed by atoms with E-state index in [1.807, 2.05) is 0 Å². The van der Waals surface area contributed by atoms with Gasteiger partial charge in [-0.25, -0.2) is 9.59 Å². The molecule has 11 nitrogen and oxygen atoms in total. The molecule has 2 rings (SSSR count). The number of carbonyl (C=O) groups excluding carboxylic acids is 3. The van der Waals surface area contributed by atoms with Crippen molar-refractivity contribution in [3.63, 3.8) is 0 Å². The fourth-order valence-corrected chi connectivity index (χ4v) is 2.39.